The second-order valence-electron chi connectivity index (χ2n) is 4.88. The minimum Gasteiger partial charge on any atom is -0.480 e. The Balaban J connectivity index is 2.32. The molecule has 0 amide bonds. The van der Waals surface area contributed by atoms with Crippen molar-refractivity contribution in [2.75, 3.05) is 33.2 Å². The Hall–Kier alpha value is -1.60. The number of carboxylic acid groups (broad SMARTS) is 1. The van der Waals surface area contributed by atoms with Crippen molar-refractivity contribution in [2.24, 2.45) is 0 Å². The Morgan fingerprint density at radius 1 is 1.15 bits per heavy atom. The lowest BCUT2D eigenvalue weighted by Gasteiger charge is -2.36. The van der Waals surface area contributed by atoms with Crippen LogP contribution in [0.1, 0.15) is 11.6 Å². The zero-order valence-corrected chi connectivity index (χ0v) is 10.9. The monoisotopic (exact) mass is 288 g/mol. The van der Waals surface area contributed by atoms with E-state index >= 15 is 0 Å². The lowest BCUT2D eigenvalue weighted by Crippen LogP contribution is -2.47. The third kappa shape index (κ3) is 2.94. The van der Waals surface area contributed by atoms with Crippen LogP contribution in [0.15, 0.2) is 12.1 Å². The molecule has 1 heterocycles. The fourth-order valence-corrected chi connectivity index (χ4v) is 2.32. The Morgan fingerprint density at radius 3 is 2.10 bits per heavy atom. The summed E-state index contributed by atoms with van der Waals surface area (Å²) in [7, 11) is 1.91. The van der Waals surface area contributed by atoms with Crippen molar-refractivity contribution in [3.8, 4) is 0 Å². The van der Waals surface area contributed by atoms with Crippen LogP contribution in [0, 0.1) is 17.5 Å². The quantitative estimate of drug-likeness (QED) is 0.856. The van der Waals surface area contributed by atoms with Gasteiger partial charge in [0.05, 0.1) is 0 Å². The molecule has 1 saturated heterocycles. The van der Waals surface area contributed by atoms with E-state index < -0.39 is 29.5 Å². The first-order chi connectivity index (χ1) is 9.40. The summed E-state index contributed by atoms with van der Waals surface area (Å²) in [4.78, 5) is 15.0. The van der Waals surface area contributed by atoms with E-state index in [1.807, 2.05) is 11.9 Å². The molecule has 0 aliphatic carbocycles. The van der Waals surface area contributed by atoms with Crippen LogP contribution in [-0.4, -0.2) is 54.1 Å². The predicted octanol–water partition coefficient (Wildman–Crippen LogP) is 1.48. The molecule has 1 N–H and O–H groups in total. The highest BCUT2D eigenvalue weighted by atomic mass is 19.2. The van der Waals surface area contributed by atoms with E-state index in [-0.39, 0.29) is 5.56 Å². The van der Waals surface area contributed by atoms with E-state index in [1.54, 1.807) is 4.90 Å². The fraction of sp³-hybridized carbons (Fsp3) is 0.462. The molecule has 20 heavy (non-hydrogen) atoms. The van der Waals surface area contributed by atoms with Crippen molar-refractivity contribution in [1.82, 2.24) is 9.80 Å². The Bertz CT molecular complexity index is 493. The highest BCUT2D eigenvalue weighted by Gasteiger charge is 2.31. The molecule has 1 unspecified atom stereocenters. The van der Waals surface area contributed by atoms with Gasteiger partial charge in [0.1, 0.15) is 6.04 Å². The van der Waals surface area contributed by atoms with Crippen LogP contribution in [0.5, 0.6) is 0 Å². The highest BCUT2D eigenvalue weighted by molar-refractivity contribution is 5.75. The number of likely N-dealkylation sites (N-methyl/N-ethyl adjacent to an activating group) is 1. The van der Waals surface area contributed by atoms with E-state index in [0.29, 0.717) is 26.2 Å². The lowest BCUT2D eigenvalue weighted by atomic mass is 10.0. The van der Waals surface area contributed by atoms with Gasteiger partial charge in [-0.2, -0.15) is 0 Å². The summed E-state index contributed by atoms with van der Waals surface area (Å²) in [5.74, 6) is -5.54. The van der Waals surface area contributed by atoms with Gasteiger partial charge in [-0.25, -0.2) is 13.2 Å². The predicted molar refractivity (Wildman–Crippen MR) is 65.8 cm³/mol. The molecule has 1 aliphatic rings. The maximum atomic E-state index is 13.3. The zero-order chi connectivity index (χ0) is 14.9. The largest absolute Gasteiger partial charge is 0.480 e. The number of aliphatic carboxylic acids is 1. The molecular formula is C13H15F3N2O2. The average molecular weight is 288 g/mol. The first-order valence-electron chi connectivity index (χ1n) is 6.20. The van der Waals surface area contributed by atoms with E-state index in [4.69, 9.17) is 0 Å². The molecule has 0 spiro atoms. The van der Waals surface area contributed by atoms with Crippen molar-refractivity contribution in [3.05, 3.63) is 35.1 Å². The molecule has 7 heteroatoms. The van der Waals surface area contributed by atoms with Crippen molar-refractivity contribution < 1.29 is 23.1 Å². The van der Waals surface area contributed by atoms with Crippen LogP contribution in [0.4, 0.5) is 13.2 Å². The molecule has 0 aromatic heterocycles. The van der Waals surface area contributed by atoms with Crippen LogP contribution in [-0.2, 0) is 4.79 Å². The summed E-state index contributed by atoms with van der Waals surface area (Å²) in [6.07, 6.45) is 0. The number of nitrogens with zero attached hydrogens (tertiary/aromatic N) is 2. The topological polar surface area (TPSA) is 43.8 Å². The standard InChI is InChI=1S/C13H15F3N2O2/c1-17-2-4-18(5-3-17)12(13(19)20)8-6-9(14)11(16)10(15)7-8/h6-7,12H,2-5H2,1H3,(H,19,20). The van der Waals surface area contributed by atoms with Crippen molar-refractivity contribution in [1.29, 1.82) is 0 Å². The molecule has 110 valence electrons. The van der Waals surface area contributed by atoms with Crippen molar-refractivity contribution >= 4 is 5.97 Å². The first-order valence-corrected chi connectivity index (χ1v) is 6.20. The van der Waals surface area contributed by atoms with Gasteiger partial charge in [-0.05, 0) is 24.7 Å². The second kappa shape index (κ2) is 5.80. The van der Waals surface area contributed by atoms with Crippen LogP contribution in [0.2, 0.25) is 0 Å². The van der Waals surface area contributed by atoms with Crippen LogP contribution in [0.3, 0.4) is 0 Å². The van der Waals surface area contributed by atoms with Crippen LogP contribution >= 0.6 is 0 Å². The number of carboxylic acids is 1. The van der Waals surface area contributed by atoms with E-state index in [9.17, 15) is 23.1 Å². The number of carbonyl (C=O) groups is 1. The van der Waals surface area contributed by atoms with Gasteiger partial charge >= 0.3 is 5.97 Å². The molecule has 2 rings (SSSR count). The van der Waals surface area contributed by atoms with Gasteiger partial charge in [-0.1, -0.05) is 0 Å². The van der Waals surface area contributed by atoms with Gasteiger partial charge < -0.3 is 10.0 Å². The molecule has 0 radical (unpaired) electrons. The number of rotatable bonds is 3. The summed E-state index contributed by atoms with van der Waals surface area (Å²) in [5.41, 5.74) is -0.0848. The number of halogens is 3. The first kappa shape index (κ1) is 14.8. The number of piperazine rings is 1. The average Bonchev–Trinajstić information content (AvgIpc) is 2.38. The summed E-state index contributed by atoms with van der Waals surface area (Å²) >= 11 is 0. The van der Waals surface area contributed by atoms with Gasteiger partial charge in [0.15, 0.2) is 17.5 Å². The second-order valence-corrected chi connectivity index (χ2v) is 4.88. The maximum absolute atomic E-state index is 13.3. The molecule has 4 nitrogen and oxygen atoms in total. The molecule has 1 aromatic carbocycles. The number of hydrogen-bond donors (Lipinski definition) is 1. The van der Waals surface area contributed by atoms with Gasteiger partial charge in [0.2, 0.25) is 0 Å². The summed E-state index contributed by atoms with van der Waals surface area (Å²) < 4.78 is 39.5. The van der Waals surface area contributed by atoms with Crippen molar-refractivity contribution in [3.63, 3.8) is 0 Å². The maximum Gasteiger partial charge on any atom is 0.325 e. The van der Waals surface area contributed by atoms with E-state index in [2.05, 4.69) is 0 Å². The smallest absolute Gasteiger partial charge is 0.325 e. The fourth-order valence-electron chi connectivity index (χ4n) is 2.32. The summed E-state index contributed by atoms with van der Waals surface area (Å²) in [5, 5.41) is 9.30. The minimum atomic E-state index is -1.59. The number of benzene rings is 1. The van der Waals surface area contributed by atoms with Gasteiger partial charge in [-0.3, -0.25) is 9.69 Å². The van der Waals surface area contributed by atoms with E-state index in [0.717, 1.165) is 12.1 Å². The van der Waals surface area contributed by atoms with Gasteiger partial charge in [0, 0.05) is 26.2 Å². The molecule has 0 saturated carbocycles. The number of hydrogen-bond acceptors (Lipinski definition) is 3. The van der Waals surface area contributed by atoms with Crippen LogP contribution in [0.25, 0.3) is 0 Å². The summed E-state index contributed by atoms with van der Waals surface area (Å²) in [6, 6.07) is 0.318. The van der Waals surface area contributed by atoms with Crippen LogP contribution < -0.4 is 0 Å². The van der Waals surface area contributed by atoms with Crippen molar-refractivity contribution in [2.45, 2.75) is 6.04 Å². The molecular weight excluding hydrogens is 273 g/mol. The third-order valence-corrected chi connectivity index (χ3v) is 3.46. The summed E-state index contributed by atoms with van der Waals surface area (Å²) in [6.45, 7) is 2.26. The molecule has 1 aromatic rings. The SMILES string of the molecule is CN1CCN(C(C(=O)O)c2cc(F)c(F)c(F)c2)CC1. The highest BCUT2D eigenvalue weighted by Crippen LogP contribution is 2.25. The minimum absolute atomic E-state index is 0.0848. The Labute approximate surface area is 114 Å². The van der Waals surface area contributed by atoms with Gasteiger partial charge in [-0.15, -0.1) is 0 Å². The zero-order valence-electron chi connectivity index (χ0n) is 10.9. The molecule has 0 bridgehead atoms. The van der Waals surface area contributed by atoms with Gasteiger partial charge in [0.25, 0.3) is 0 Å². The Kier molecular flexibility index (Phi) is 4.29. The van der Waals surface area contributed by atoms with E-state index in [1.165, 1.54) is 0 Å². The molecule has 1 aliphatic heterocycles. The Morgan fingerprint density at radius 2 is 1.65 bits per heavy atom. The normalized spacial score (nSPS) is 19.0. The molecule has 1 fully saturated rings. The third-order valence-electron chi connectivity index (χ3n) is 3.46. The lowest BCUT2D eigenvalue weighted by molar-refractivity contribution is -0.144. The molecule has 1 atom stereocenters.